The standard InChI is InChI=1S/C17H17N5OS/c1-13(17(23)18-14-8-4-2-5-9-14)24-12-16-19-20-21-22(16)15-10-6-3-7-11-15/h2-11,13H,12H2,1H3,(H,18,23). The number of aromatic nitrogens is 4. The number of hydrogen-bond acceptors (Lipinski definition) is 5. The van der Waals surface area contributed by atoms with Crippen LogP contribution in [0.1, 0.15) is 12.7 Å². The zero-order chi connectivity index (χ0) is 16.8. The van der Waals surface area contributed by atoms with Crippen LogP contribution in [0.4, 0.5) is 5.69 Å². The molecule has 1 atom stereocenters. The number of carbonyl (C=O) groups is 1. The van der Waals surface area contributed by atoms with E-state index in [9.17, 15) is 4.79 Å². The summed E-state index contributed by atoms with van der Waals surface area (Å²) in [6.07, 6.45) is 0. The SMILES string of the molecule is CC(SCc1nnnn1-c1ccccc1)C(=O)Nc1ccccc1. The molecule has 0 saturated heterocycles. The van der Waals surface area contributed by atoms with E-state index in [-0.39, 0.29) is 11.2 Å². The maximum absolute atomic E-state index is 12.2. The van der Waals surface area contributed by atoms with Crippen molar-refractivity contribution in [2.24, 2.45) is 0 Å². The van der Waals surface area contributed by atoms with Gasteiger partial charge in [0.25, 0.3) is 0 Å². The largest absolute Gasteiger partial charge is 0.325 e. The van der Waals surface area contributed by atoms with Gasteiger partial charge in [0, 0.05) is 5.69 Å². The number of rotatable bonds is 6. The molecule has 1 heterocycles. The lowest BCUT2D eigenvalue weighted by Crippen LogP contribution is -2.22. The van der Waals surface area contributed by atoms with Gasteiger partial charge in [-0.15, -0.1) is 16.9 Å². The van der Waals surface area contributed by atoms with Crippen LogP contribution in [0, 0.1) is 0 Å². The fourth-order valence-electron chi connectivity index (χ4n) is 2.11. The minimum Gasteiger partial charge on any atom is -0.325 e. The van der Waals surface area contributed by atoms with E-state index in [1.165, 1.54) is 11.8 Å². The quantitative estimate of drug-likeness (QED) is 0.747. The van der Waals surface area contributed by atoms with Crippen molar-refractivity contribution in [1.82, 2.24) is 20.2 Å². The van der Waals surface area contributed by atoms with Crippen molar-refractivity contribution in [2.75, 3.05) is 5.32 Å². The molecule has 0 aliphatic heterocycles. The first-order valence-corrected chi connectivity index (χ1v) is 8.59. The number of amides is 1. The Morgan fingerprint density at radius 3 is 2.50 bits per heavy atom. The van der Waals surface area contributed by atoms with E-state index in [2.05, 4.69) is 20.8 Å². The van der Waals surface area contributed by atoms with E-state index in [4.69, 9.17) is 0 Å². The second-order valence-corrected chi connectivity index (χ2v) is 6.48. The van der Waals surface area contributed by atoms with Gasteiger partial charge in [-0.1, -0.05) is 36.4 Å². The second kappa shape index (κ2) is 7.74. The number of carbonyl (C=O) groups excluding carboxylic acids is 1. The third-order valence-electron chi connectivity index (χ3n) is 3.41. The summed E-state index contributed by atoms with van der Waals surface area (Å²) < 4.78 is 1.69. The Morgan fingerprint density at radius 1 is 1.12 bits per heavy atom. The van der Waals surface area contributed by atoms with E-state index >= 15 is 0 Å². The van der Waals surface area contributed by atoms with Crippen LogP contribution in [0.2, 0.25) is 0 Å². The van der Waals surface area contributed by atoms with Crippen molar-refractivity contribution in [3.05, 3.63) is 66.5 Å². The van der Waals surface area contributed by atoms with Gasteiger partial charge in [0.1, 0.15) is 0 Å². The van der Waals surface area contributed by atoms with Gasteiger partial charge in [0.2, 0.25) is 5.91 Å². The molecule has 0 aliphatic carbocycles. The van der Waals surface area contributed by atoms with Crippen LogP contribution >= 0.6 is 11.8 Å². The molecule has 0 spiro atoms. The smallest absolute Gasteiger partial charge is 0.237 e. The van der Waals surface area contributed by atoms with E-state index in [1.54, 1.807) is 4.68 Å². The van der Waals surface area contributed by atoms with Gasteiger partial charge in [0.15, 0.2) is 5.82 Å². The molecule has 24 heavy (non-hydrogen) atoms. The van der Waals surface area contributed by atoms with Gasteiger partial charge >= 0.3 is 0 Å². The van der Waals surface area contributed by atoms with Crippen LogP contribution in [0.3, 0.4) is 0 Å². The Kier molecular flexibility index (Phi) is 5.22. The Labute approximate surface area is 144 Å². The Morgan fingerprint density at radius 2 is 1.79 bits per heavy atom. The molecule has 3 rings (SSSR count). The number of nitrogens with zero attached hydrogens (tertiary/aromatic N) is 4. The summed E-state index contributed by atoms with van der Waals surface area (Å²) >= 11 is 1.49. The molecular weight excluding hydrogens is 322 g/mol. The first-order valence-electron chi connectivity index (χ1n) is 7.54. The van der Waals surface area contributed by atoms with Crippen molar-refractivity contribution in [3.63, 3.8) is 0 Å². The topological polar surface area (TPSA) is 72.7 Å². The van der Waals surface area contributed by atoms with Crippen LogP contribution in [-0.4, -0.2) is 31.4 Å². The van der Waals surface area contributed by atoms with Gasteiger partial charge in [-0.3, -0.25) is 4.79 Å². The van der Waals surface area contributed by atoms with Gasteiger partial charge in [-0.2, -0.15) is 4.68 Å². The third-order valence-corrected chi connectivity index (χ3v) is 4.55. The lowest BCUT2D eigenvalue weighted by Gasteiger charge is -2.12. The molecule has 3 aromatic rings. The zero-order valence-corrected chi connectivity index (χ0v) is 14.0. The van der Waals surface area contributed by atoms with Gasteiger partial charge in [-0.25, -0.2) is 0 Å². The van der Waals surface area contributed by atoms with Crippen molar-refractivity contribution in [3.8, 4) is 5.69 Å². The molecule has 122 valence electrons. The van der Waals surface area contributed by atoms with Crippen molar-refractivity contribution >= 4 is 23.4 Å². The van der Waals surface area contributed by atoms with Crippen LogP contribution in [0.5, 0.6) is 0 Å². The summed E-state index contributed by atoms with van der Waals surface area (Å²) in [5.74, 6) is 1.22. The average molecular weight is 339 g/mol. The summed E-state index contributed by atoms with van der Waals surface area (Å²) in [6.45, 7) is 1.87. The average Bonchev–Trinajstić information content (AvgIpc) is 3.10. The fourth-order valence-corrected chi connectivity index (χ4v) is 2.90. The molecule has 1 amide bonds. The molecule has 1 aromatic heterocycles. The van der Waals surface area contributed by atoms with E-state index in [0.29, 0.717) is 11.6 Å². The summed E-state index contributed by atoms with van der Waals surface area (Å²) in [7, 11) is 0. The minimum absolute atomic E-state index is 0.0371. The van der Waals surface area contributed by atoms with Crippen LogP contribution < -0.4 is 5.32 Å². The predicted octanol–water partition coefficient (Wildman–Crippen LogP) is 2.92. The lowest BCUT2D eigenvalue weighted by molar-refractivity contribution is -0.115. The molecule has 7 heteroatoms. The number of benzene rings is 2. The summed E-state index contributed by atoms with van der Waals surface area (Å²) in [6, 6.07) is 19.1. The maximum Gasteiger partial charge on any atom is 0.237 e. The first-order chi connectivity index (χ1) is 11.7. The molecule has 0 radical (unpaired) electrons. The van der Waals surface area contributed by atoms with Crippen molar-refractivity contribution < 1.29 is 4.79 Å². The van der Waals surface area contributed by atoms with Crippen LogP contribution in [-0.2, 0) is 10.5 Å². The molecule has 1 unspecified atom stereocenters. The number of tetrazole rings is 1. The predicted molar refractivity (Wildman–Crippen MR) is 95.0 cm³/mol. The summed E-state index contributed by atoms with van der Waals surface area (Å²) in [5, 5.41) is 14.5. The molecule has 0 saturated carbocycles. The lowest BCUT2D eigenvalue weighted by atomic mass is 10.3. The number of thioether (sulfide) groups is 1. The van der Waals surface area contributed by atoms with Gasteiger partial charge in [-0.05, 0) is 41.6 Å². The molecule has 0 bridgehead atoms. The highest BCUT2D eigenvalue weighted by Gasteiger charge is 2.16. The third kappa shape index (κ3) is 3.99. The fraction of sp³-hybridized carbons (Fsp3) is 0.176. The molecule has 0 fully saturated rings. The number of hydrogen-bond donors (Lipinski definition) is 1. The Balaban J connectivity index is 1.60. The maximum atomic E-state index is 12.2. The molecule has 6 nitrogen and oxygen atoms in total. The van der Waals surface area contributed by atoms with Crippen molar-refractivity contribution in [1.29, 1.82) is 0 Å². The molecule has 0 aliphatic rings. The monoisotopic (exact) mass is 339 g/mol. The minimum atomic E-state index is -0.217. The highest BCUT2D eigenvalue weighted by Crippen LogP contribution is 2.19. The zero-order valence-electron chi connectivity index (χ0n) is 13.2. The highest BCUT2D eigenvalue weighted by molar-refractivity contribution is 7.99. The Hall–Kier alpha value is -2.67. The number of para-hydroxylation sites is 2. The van der Waals surface area contributed by atoms with E-state index < -0.39 is 0 Å². The molecular formula is C17H17N5OS. The molecule has 1 N–H and O–H groups in total. The molecule has 2 aromatic carbocycles. The normalized spacial score (nSPS) is 11.9. The van der Waals surface area contributed by atoms with Gasteiger partial charge < -0.3 is 5.32 Å². The van der Waals surface area contributed by atoms with Crippen LogP contribution in [0.15, 0.2) is 60.7 Å². The van der Waals surface area contributed by atoms with E-state index in [1.807, 2.05) is 67.6 Å². The highest BCUT2D eigenvalue weighted by atomic mass is 32.2. The Bertz CT molecular complexity index is 791. The summed E-state index contributed by atoms with van der Waals surface area (Å²) in [4.78, 5) is 12.2. The summed E-state index contributed by atoms with van der Waals surface area (Å²) in [5.41, 5.74) is 1.70. The van der Waals surface area contributed by atoms with Gasteiger partial charge in [0.05, 0.1) is 16.7 Å². The number of anilines is 1. The number of nitrogens with one attached hydrogen (secondary N) is 1. The van der Waals surface area contributed by atoms with Crippen molar-refractivity contribution in [2.45, 2.75) is 17.9 Å². The van der Waals surface area contributed by atoms with Crippen LogP contribution in [0.25, 0.3) is 5.69 Å². The second-order valence-electron chi connectivity index (χ2n) is 5.15. The van der Waals surface area contributed by atoms with E-state index in [0.717, 1.165) is 11.4 Å². The first kappa shape index (κ1) is 16.2.